The molecule has 0 unspecified atom stereocenters. The van der Waals surface area contributed by atoms with Crippen molar-refractivity contribution in [2.24, 2.45) is 5.92 Å². The molecular formula is C18H23N3O4S. The molecule has 1 saturated heterocycles. The van der Waals surface area contributed by atoms with Gasteiger partial charge in [-0.25, -0.2) is 13.1 Å². The molecule has 140 valence electrons. The first-order valence-electron chi connectivity index (χ1n) is 8.72. The molecule has 0 atom stereocenters. The van der Waals surface area contributed by atoms with Gasteiger partial charge in [0, 0.05) is 13.1 Å². The monoisotopic (exact) mass is 377 g/mol. The lowest BCUT2D eigenvalue weighted by Gasteiger charge is -2.29. The zero-order valence-corrected chi connectivity index (χ0v) is 15.8. The first-order valence-corrected chi connectivity index (χ1v) is 10.2. The third-order valence-corrected chi connectivity index (χ3v) is 6.57. The lowest BCUT2D eigenvalue weighted by molar-refractivity contribution is -0.149. The minimum absolute atomic E-state index is 0.205. The van der Waals surface area contributed by atoms with Gasteiger partial charge in [-0.1, -0.05) is 18.2 Å². The summed E-state index contributed by atoms with van der Waals surface area (Å²) in [5.41, 5.74) is 1.26. The van der Waals surface area contributed by atoms with Crippen molar-refractivity contribution < 1.29 is 17.9 Å². The number of benzene rings is 1. The summed E-state index contributed by atoms with van der Waals surface area (Å²) in [6.45, 7) is 4.42. The van der Waals surface area contributed by atoms with Crippen molar-refractivity contribution in [2.45, 2.75) is 31.6 Å². The Balaban J connectivity index is 1.77. The quantitative estimate of drug-likeness (QED) is 0.746. The Bertz CT molecular complexity index is 869. The van der Waals surface area contributed by atoms with Gasteiger partial charge in [0.15, 0.2) is 0 Å². The van der Waals surface area contributed by atoms with E-state index in [2.05, 4.69) is 5.10 Å². The Hall–Kier alpha value is -2.19. The lowest BCUT2D eigenvalue weighted by Crippen LogP contribution is -2.40. The summed E-state index contributed by atoms with van der Waals surface area (Å²) >= 11 is 0. The summed E-state index contributed by atoms with van der Waals surface area (Å²) in [7, 11) is -3.64. The average Bonchev–Trinajstić information content (AvgIpc) is 3.05. The van der Waals surface area contributed by atoms with E-state index in [-0.39, 0.29) is 16.8 Å². The van der Waals surface area contributed by atoms with Crippen molar-refractivity contribution in [1.29, 1.82) is 0 Å². The fourth-order valence-corrected chi connectivity index (χ4v) is 4.76. The second-order valence-corrected chi connectivity index (χ2v) is 8.20. The van der Waals surface area contributed by atoms with Gasteiger partial charge in [0.2, 0.25) is 10.0 Å². The van der Waals surface area contributed by atoms with E-state index in [0.717, 1.165) is 5.69 Å². The second kappa shape index (κ2) is 7.59. The van der Waals surface area contributed by atoms with Crippen molar-refractivity contribution >= 4 is 16.0 Å². The van der Waals surface area contributed by atoms with Crippen molar-refractivity contribution in [1.82, 2.24) is 14.1 Å². The van der Waals surface area contributed by atoms with Crippen molar-refractivity contribution in [2.75, 3.05) is 19.7 Å². The van der Waals surface area contributed by atoms with E-state index in [9.17, 15) is 13.2 Å². The molecule has 8 heteroatoms. The first-order chi connectivity index (χ1) is 12.4. The topological polar surface area (TPSA) is 81.5 Å². The number of nitrogens with zero attached hydrogens (tertiary/aromatic N) is 3. The Kier molecular flexibility index (Phi) is 5.43. The van der Waals surface area contributed by atoms with Crippen molar-refractivity contribution in [3.05, 3.63) is 42.2 Å². The van der Waals surface area contributed by atoms with E-state index in [1.54, 1.807) is 24.7 Å². The molecule has 0 spiro atoms. The molecule has 0 radical (unpaired) electrons. The van der Waals surface area contributed by atoms with Crippen LogP contribution in [0.4, 0.5) is 0 Å². The molecule has 0 N–H and O–H groups in total. The van der Waals surface area contributed by atoms with Gasteiger partial charge < -0.3 is 4.74 Å². The van der Waals surface area contributed by atoms with Crippen LogP contribution in [-0.2, 0) is 19.6 Å². The van der Waals surface area contributed by atoms with Gasteiger partial charge in [0.1, 0.15) is 4.90 Å². The van der Waals surface area contributed by atoms with Crippen LogP contribution < -0.4 is 0 Å². The maximum atomic E-state index is 13.0. The fraction of sp³-hybridized carbons (Fsp3) is 0.444. The second-order valence-electron chi connectivity index (χ2n) is 6.29. The summed E-state index contributed by atoms with van der Waals surface area (Å²) in [5, 5.41) is 4.35. The zero-order valence-electron chi connectivity index (χ0n) is 15.0. The molecule has 1 aromatic heterocycles. The van der Waals surface area contributed by atoms with Crippen LogP contribution in [0, 0.1) is 12.8 Å². The molecule has 0 amide bonds. The van der Waals surface area contributed by atoms with Crippen LogP contribution in [0.2, 0.25) is 0 Å². The van der Waals surface area contributed by atoms with Crippen LogP contribution >= 0.6 is 0 Å². The smallest absolute Gasteiger partial charge is 0.309 e. The molecule has 3 rings (SSSR count). The largest absolute Gasteiger partial charge is 0.466 e. The third kappa shape index (κ3) is 3.66. The Morgan fingerprint density at radius 2 is 1.88 bits per heavy atom. The number of hydrogen-bond acceptors (Lipinski definition) is 5. The normalized spacial score (nSPS) is 16.5. The maximum absolute atomic E-state index is 13.0. The maximum Gasteiger partial charge on any atom is 0.309 e. The lowest BCUT2D eigenvalue weighted by atomic mass is 9.98. The van der Waals surface area contributed by atoms with Gasteiger partial charge in [-0.05, 0) is 38.8 Å². The van der Waals surface area contributed by atoms with Crippen LogP contribution in [0.25, 0.3) is 5.69 Å². The molecule has 1 aliphatic rings. The molecule has 0 saturated carbocycles. The SMILES string of the molecule is CCOC(=O)C1CCN(S(=O)(=O)c2cn(-c3ccccc3)nc2C)CC1. The van der Waals surface area contributed by atoms with Crippen LogP contribution in [0.15, 0.2) is 41.4 Å². The number of carbonyl (C=O) groups excluding carboxylic acids is 1. The van der Waals surface area contributed by atoms with E-state index in [1.807, 2.05) is 30.3 Å². The van der Waals surface area contributed by atoms with Crippen LogP contribution in [0.1, 0.15) is 25.5 Å². The molecule has 1 aromatic carbocycles. The predicted molar refractivity (Wildman–Crippen MR) is 96.4 cm³/mol. The van der Waals surface area contributed by atoms with E-state index in [0.29, 0.717) is 38.2 Å². The highest BCUT2D eigenvalue weighted by Crippen LogP contribution is 2.26. The molecule has 7 nitrogen and oxygen atoms in total. The van der Waals surface area contributed by atoms with E-state index < -0.39 is 10.0 Å². The minimum atomic E-state index is -3.64. The van der Waals surface area contributed by atoms with Gasteiger partial charge >= 0.3 is 5.97 Å². The number of aromatic nitrogens is 2. The fourth-order valence-electron chi connectivity index (χ4n) is 3.14. The number of ether oxygens (including phenoxy) is 1. The Labute approximate surface area is 153 Å². The highest BCUT2D eigenvalue weighted by Gasteiger charge is 2.34. The molecule has 1 fully saturated rings. The van der Waals surface area contributed by atoms with E-state index in [4.69, 9.17) is 4.74 Å². The van der Waals surface area contributed by atoms with Crippen LogP contribution in [0.3, 0.4) is 0 Å². The first kappa shape index (κ1) is 18.6. The van der Waals surface area contributed by atoms with Gasteiger partial charge in [-0.3, -0.25) is 4.79 Å². The average molecular weight is 377 g/mol. The highest BCUT2D eigenvalue weighted by atomic mass is 32.2. The molecule has 26 heavy (non-hydrogen) atoms. The number of hydrogen-bond donors (Lipinski definition) is 0. The Morgan fingerprint density at radius 3 is 2.50 bits per heavy atom. The third-order valence-electron chi connectivity index (χ3n) is 4.57. The van der Waals surface area contributed by atoms with Crippen LogP contribution in [0.5, 0.6) is 0 Å². The summed E-state index contributed by atoms with van der Waals surface area (Å²) in [6, 6.07) is 9.38. The highest BCUT2D eigenvalue weighted by molar-refractivity contribution is 7.89. The van der Waals surface area contributed by atoms with Crippen LogP contribution in [-0.4, -0.2) is 48.2 Å². The Morgan fingerprint density at radius 1 is 1.23 bits per heavy atom. The van der Waals surface area contributed by atoms with Crippen molar-refractivity contribution in [3.8, 4) is 5.69 Å². The summed E-state index contributed by atoms with van der Waals surface area (Å²) < 4.78 is 34.1. The molecule has 0 bridgehead atoms. The van der Waals surface area contributed by atoms with E-state index in [1.165, 1.54) is 4.31 Å². The standard InChI is InChI=1S/C18H23N3O4S/c1-3-25-18(22)15-9-11-20(12-10-15)26(23,24)17-13-21(19-14(17)2)16-7-5-4-6-8-16/h4-8,13,15H,3,9-12H2,1-2H3. The zero-order chi connectivity index (χ0) is 18.7. The minimum Gasteiger partial charge on any atom is -0.466 e. The number of carbonyl (C=O) groups is 1. The number of aryl methyl sites for hydroxylation is 1. The van der Waals surface area contributed by atoms with Gasteiger partial charge in [0.25, 0.3) is 0 Å². The molecule has 0 aliphatic carbocycles. The molecular weight excluding hydrogens is 354 g/mol. The predicted octanol–water partition coefficient (Wildman–Crippen LogP) is 2.14. The molecule has 1 aliphatic heterocycles. The number of sulfonamides is 1. The number of piperidine rings is 1. The summed E-state index contributed by atoms with van der Waals surface area (Å²) in [6.07, 6.45) is 2.51. The van der Waals surface area contributed by atoms with Gasteiger partial charge in [-0.15, -0.1) is 0 Å². The number of rotatable bonds is 5. The van der Waals surface area contributed by atoms with Crippen molar-refractivity contribution in [3.63, 3.8) is 0 Å². The number of esters is 1. The summed E-state index contributed by atoms with van der Waals surface area (Å²) in [5.74, 6) is -0.466. The summed E-state index contributed by atoms with van der Waals surface area (Å²) in [4.78, 5) is 12.0. The molecule has 2 aromatic rings. The number of para-hydroxylation sites is 1. The molecule has 2 heterocycles. The van der Waals surface area contributed by atoms with E-state index >= 15 is 0 Å². The van der Waals surface area contributed by atoms with Gasteiger partial charge in [0.05, 0.1) is 30.1 Å². The van der Waals surface area contributed by atoms with Gasteiger partial charge in [-0.2, -0.15) is 9.40 Å².